The van der Waals surface area contributed by atoms with Gasteiger partial charge in [0.15, 0.2) is 29.8 Å². The summed E-state index contributed by atoms with van der Waals surface area (Å²) < 4.78 is 38.1. The van der Waals surface area contributed by atoms with Crippen molar-refractivity contribution in [1.82, 2.24) is 25.2 Å². The van der Waals surface area contributed by atoms with Crippen LogP contribution in [0.2, 0.25) is 0 Å². The zero-order valence-electron chi connectivity index (χ0n) is 27.0. The second-order valence-electron chi connectivity index (χ2n) is 11.1. The number of aromatic nitrogens is 3. The van der Waals surface area contributed by atoms with E-state index in [0.717, 1.165) is 39.1 Å². The van der Waals surface area contributed by atoms with Gasteiger partial charge in [0.2, 0.25) is 0 Å². The number of nitrogens with zero attached hydrogens (tertiary/aromatic N) is 5. The van der Waals surface area contributed by atoms with Gasteiger partial charge in [-0.3, -0.25) is 24.1 Å². The molecule has 2 aliphatic heterocycles. The number of thiazole rings is 1. The molecule has 17 nitrogen and oxygen atoms in total. The van der Waals surface area contributed by atoms with Crippen LogP contribution in [0.15, 0.2) is 73.9 Å². The standard InChI is InChI=1S/C31H26F2N8O9S2/c1-48-37-21(42)9-17-11-40(31(47)50-17)16-7-18(32)22(19(33)8-16)14-3-5-39(6-4-14)10-15-12-51-28-24(27(44)41(28)25(15)29(45)46)36-26(43)23(38-49-2)20-13-52-30(34)35-20/h3-8,11,13,24,28H,9-10,12H2,1-2H3,(H4-,34,35,36,37,42,43,45,46)/p+1/b38-23-/t24-,28+/m1/s1. The monoisotopic (exact) mass is 757 g/mol. The van der Waals surface area contributed by atoms with E-state index in [1.165, 1.54) is 55.9 Å². The van der Waals surface area contributed by atoms with Gasteiger partial charge in [-0.15, -0.1) is 23.1 Å². The number of hydroxylamine groups is 1. The quantitative estimate of drug-likeness (QED) is 0.0679. The number of fused-ring (bicyclic) bond motifs is 1. The summed E-state index contributed by atoms with van der Waals surface area (Å²) in [5.41, 5.74) is 7.40. The molecule has 2 atom stereocenters. The Bertz CT molecular complexity index is 2190. The van der Waals surface area contributed by atoms with Crippen molar-refractivity contribution < 1.29 is 51.7 Å². The Morgan fingerprint density at radius 1 is 1.19 bits per heavy atom. The fraction of sp³-hybridized carbons (Fsp3) is 0.226. The Balaban J connectivity index is 1.17. The molecule has 3 amide bonds. The van der Waals surface area contributed by atoms with Gasteiger partial charge in [-0.1, -0.05) is 5.16 Å². The van der Waals surface area contributed by atoms with Crippen LogP contribution < -0.4 is 26.9 Å². The number of aliphatic carboxylic acids is 1. The summed E-state index contributed by atoms with van der Waals surface area (Å²) in [6.45, 7) is 0.0242. The molecule has 0 spiro atoms. The third-order valence-electron chi connectivity index (χ3n) is 7.80. The average molecular weight is 758 g/mol. The molecule has 5 heterocycles. The lowest BCUT2D eigenvalue weighted by Crippen LogP contribution is -2.71. The number of carbonyl (C=O) groups is 4. The van der Waals surface area contributed by atoms with Crippen LogP contribution >= 0.6 is 23.1 Å². The van der Waals surface area contributed by atoms with E-state index < -0.39 is 52.5 Å². The van der Waals surface area contributed by atoms with Crippen LogP contribution in [0.5, 0.6) is 0 Å². The summed E-state index contributed by atoms with van der Waals surface area (Å²) in [5.74, 6) is -6.16. The number of thioether (sulfide) groups is 1. The van der Waals surface area contributed by atoms with E-state index >= 15 is 8.78 Å². The fourth-order valence-electron chi connectivity index (χ4n) is 5.59. The minimum absolute atomic E-state index is 0.0242. The third-order valence-corrected chi connectivity index (χ3v) is 9.81. The van der Waals surface area contributed by atoms with Crippen molar-refractivity contribution in [3.8, 4) is 16.8 Å². The molecule has 21 heteroatoms. The smallest absolute Gasteiger partial charge is 0.423 e. The number of hydrogen-bond acceptors (Lipinski definition) is 13. The maximum atomic E-state index is 15.3. The van der Waals surface area contributed by atoms with Gasteiger partial charge in [0.05, 0.1) is 31.0 Å². The highest BCUT2D eigenvalue weighted by molar-refractivity contribution is 8.00. The molecule has 0 bridgehead atoms. The number of nitrogen functional groups attached to an aromatic ring is 1. The number of oxazole rings is 1. The molecule has 0 aliphatic carbocycles. The molecule has 0 saturated carbocycles. The molecule has 6 rings (SSSR count). The second-order valence-corrected chi connectivity index (χ2v) is 13.1. The highest BCUT2D eigenvalue weighted by Gasteiger charge is 2.54. The van der Waals surface area contributed by atoms with Crippen LogP contribution in [-0.2, 0) is 41.8 Å². The average Bonchev–Trinajstić information content (AvgIpc) is 3.70. The van der Waals surface area contributed by atoms with Gasteiger partial charge >= 0.3 is 11.7 Å². The number of rotatable bonds is 12. The maximum absolute atomic E-state index is 15.3. The van der Waals surface area contributed by atoms with Gasteiger partial charge < -0.3 is 25.4 Å². The van der Waals surface area contributed by atoms with Gasteiger partial charge in [0, 0.05) is 28.8 Å². The molecule has 4 aromatic rings. The summed E-state index contributed by atoms with van der Waals surface area (Å²) in [5, 5.41) is 17.4. The maximum Gasteiger partial charge on any atom is 0.423 e. The molecule has 2 aliphatic rings. The second kappa shape index (κ2) is 14.7. The highest BCUT2D eigenvalue weighted by atomic mass is 32.2. The van der Waals surface area contributed by atoms with E-state index in [0.29, 0.717) is 5.57 Å². The van der Waals surface area contributed by atoms with Crippen molar-refractivity contribution in [2.45, 2.75) is 24.4 Å². The van der Waals surface area contributed by atoms with E-state index in [9.17, 15) is 29.1 Å². The lowest BCUT2D eigenvalue weighted by molar-refractivity contribution is -0.689. The molecule has 1 fully saturated rings. The zero-order chi connectivity index (χ0) is 37.3. The Hall–Kier alpha value is -5.93. The van der Waals surface area contributed by atoms with Gasteiger partial charge in [0.1, 0.15) is 47.3 Å². The molecular weight excluding hydrogens is 731 g/mol. The van der Waals surface area contributed by atoms with Crippen LogP contribution in [-0.4, -0.2) is 80.3 Å². The summed E-state index contributed by atoms with van der Waals surface area (Å²) in [6, 6.07) is 3.68. The Labute approximate surface area is 299 Å². The largest absolute Gasteiger partial charge is 0.477 e. The highest BCUT2D eigenvalue weighted by Crippen LogP contribution is 2.40. The van der Waals surface area contributed by atoms with Gasteiger partial charge in [-0.2, -0.15) is 0 Å². The molecule has 0 unspecified atom stereocenters. The number of carboxylic acids is 1. The van der Waals surface area contributed by atoms with E-state index in [4.69, 9.17) is 15.0 Å². The Morgan fingerprint density at radius 2 is 1.90 bits per heavy atom. The number of nitrogens with two attached hydrogens (primary N) is 1. The number of β-lactam (4-membered cyclic amide) rings is 1. The number of benzene rings is 1. The molecule has 1 saturated heterocycles. The minimum Gasteiger partial charge on any atom is -0.477 e. The number of nitrogens with one attached hydrogen (secondary N) is 2. The Morgan fingerprint density at radius 3 is 2.52 bits per heavy atom. The molecule has 1 aromatic carbocycles. The van der Waals surface area contributed by atoms with Crippen LogP contribution in [0, 0.1) is 11.6 Å². The van der Waals surface area contributed by atoms with E-state index in [-0.39, 0.29) is 63.5 Å². The number of anilines is 1. The van der Waals surface area contributed by atoms with E-state index in [2.05, 4.69) is 25.8 Å². The first-order valence-electron chi connectivity index (χ1n) is 15.0. The fourth-order valence-corrected chi connectivity index (χ4v) is 7.47. The summed E-state index contributed by atoms with van der Waals surface area (Å²) >= 11 is 2.33. The van der Waals surface area contributed by atoms with Gasteiger partial charge in [-0.25, -0.2) is 38.0 Å². The number of hydrogen-bond donors (Lipinski definition) is 4. The number of pyridine rings is 1. The lowest BCUT2D eigenvalue weighted by atomic mass is 10.0. The van der Waals surface area contributed by atoms with Gasteiger partial charge in [0.25, 0.3) is 17.7 Å². The van der Waals surface area contributed by atoms with Crippen LogP contribution in [0.1, 0.15) is 11.5 Å². The van der Waals surface area contributed by atoms with Gasteiger partial charge in [-0.05, 0) is 17.7 Å². The van der Waals surface area contributed by atoms with Crippen molar-refractivity contribution >= 4 is 57.6 Å². The number of oxime groups is 1. The topological polar surface area (TPSA) is 225 Å². The van der Waals surface area contributed by atoms with E-state index in [1.807, 2.05) is 0 Å². The SMILES string of the molecule is CO/N=C(\C(=O)N[C@@H]1C(=O)N2C(C(=O)O)=C(C[n+]3ccc(-c4c(F)cc(-n5cc(CC(=O)NOC)oc5=O)cc4F)cc3)CS[C@@H]12)c1csc(N)n1. The molecule has 270 valence electrons. The molecule has 0 radical (unpaired) electrons. The van der Waals surface area contributed by atoms with Crippen molar-refractivity contribution in [1.29, 1.82) is 0 Å². The Kier molecular flexibility index (Phi) is 10.2. The minimum atomic E-state index is -1.35. The molecule has 52 heavy (non-hydrogen) atoms. The summed E-state index contributed by atoms with van der Waals surface area (Å²) in [4.78, 5) is 77.1. The third kappa shape index (κ3) is 7.00. The first-order valence-corrected chi connectivity index (χ1v) is 16.9. The van der Waals surface area contributed by atoms with Crippen LogP contribution in [0.3, 0.4) is 0 Å². The predicted molar refractivity (Wildman–Crippen MR) is 178 cm³/mol. The normalized spacial score (nSPS) is 17.0. The zero-order valence-corrected chi connectivity index (χ0v) is 28.6. The number of carboxylic acid groups (broad SMARTS) is 1. The van der Waals surface area contributed by atoms with E-state index in [1.54, 1.807) is 4.57 Å². The number of carbonyl (C=O) groups excluding carboxylic acids is 3. The van der Waals surface area contributed by atoms with Crippen molar-refractivity contribution in [3.05, 3.63) is 93.1 Å². The van der Waals surface area contributed by atoms with Crippen molar-refractivity contribution in [2.24, 2.45) is 5.16 Å². The molecule has 5 N–H and O–H groups in total. The summed E-state index contributed by atoms with van der Waals surface area (Å²) in [6.07, 6.45) is 3.77. The van der Waals surface area contributed by atoms with Crippen LogP contribution in [0.4, 0.5) is 13.9 Å². The van der Waals surface area contributed by atoms with Crippen molar-refractivity contribution in [2.75, 3.05) is 25.7 Å². The molecular formula is C31H27F2N8O9S2+. The first-order chi connectivity index (χ1) is 24.9. The van der Waals surface area contributed by atoms with Crippen LogP contribution in [0.25, 0.3) is 16.8 Å². The molecule has 3 aromatic heterocycles. The first kappa shape index (κ1) is 35.9. The van der Waals surface area contributed by atoms with Crippen molar-refractivity contribution in [3.63, 3.8) is 0 Å². The summed E-state index contributed by atoms with van der Waals surface area (Å²) in [7, 11) is 2.46. The number of amides is 3. The number of halogens is 2. The lowest BCUT2D eigenvalue weighted by Gasteiger charge is -2.49. The predicted octanol–water partition coefficient (Wildman–Crippen LogP) is 0.711.